The molecule has 0 saturated carbocycles. The summed E-state index contributed by atoms with van der Waals surface area (Å²) in [6, 6.07) is 10.8. The van der Waals surface area contributed by atoms with Crippen molar-refractivity contribution in [1.82, 2.24) is 10.2 Å². The molecule has 2 amide bonds. The summed E-state index contributed by atoms with van der Waals surface area (Å²) in [6.07, 6.45) is 0. The van der Waals surface area contributed by atoms with Crippen LogP contribution >= 0.6 is 15.9 Å². The Morgan fingerprint density at radius 2 is 2.00 bits per heavy atom. The number of carbonyl (C=O) groups is 2. The predicted octanol–water partition coefficient (Wildman–Crippen LogP) is 2.62. The van der Waals surface area contributed by atoms with Gasteiger partial charge in [0.15, 0.2) is 10.4 Å². The van der Waals surface area contributed by atoms with Gasteiger partial charge < -0.3 is 19.4 Å². The number of amides is 2. The van der Waals surface area contributed by atoms with Gasteiger partial charge in [-0.25, -0.2) is 0 Å². The maximum Gasteiger partial charge on any atom is 0.287 e. The summed E-state index contributed by atoms with van der Waals surface area (Å²) >= 11 is 3.12. The summed E-state index contributed by atoms with van der Waals surface area (Å²) < 4.78 is 11.2. The number of aryl methyl sites for hydroxylation is 1. The summed E-state index contributed by atoms with van der Waals surface area (Å²) in [5.74, 6) is 0.316. The molecule has 7 heteroatoms. The highest BCUT2D eigenvalue weighted by atomic mass is 79.9. The first-order chi connectivity index (χ1) is 11.5. The molecule has 2 rings (SSSR count). The SMILES string of the molecule is Cc1ccccc1OCCN(C)C(=O)CNC(=O)c1ccc(Br)o1. The van der Waals surface area contributed by atoms with Gasteiger partial charge in [0, 0.05) is 7.05 Å². The topological polar surface area (TPSA) is 71.8 Å². The van der Waals surface area contributed by atoms with E-state index in [9.17, 15) is 9.59 Å². The van der Waals surface area contributed by atoms with Crippen molar-refractivity contribution in [2.45, 2.75) is 6.92 Å². The first-order valence-corrected chi connectivity index (χ1v) is 8.22. The summed E-state index contributed by atoms with van der Waals surface area (Å²) in [4.78, 5) is 25.3. The fourth-order valence-electron chi connectivity index (χ4n) is 1.95. The molecule has 24 heavy (non-hydrogen) atoms. The van der Waals surface area contributed by atoms with Crippen molar-refractivity contribution in [3.63, 3.8) is 0 Å². The Morgan fingerprint density at radius 3 is 2.67 bits per heavy atom. The van der Waals surface area contributed by atoms with E-state index in [0.29, 0.717) is 17.8 Å². The Morgan fingerprint density at radius 1 is 1.25 bits per heavy atom. The molecule has 1 aromatic heterocycles. The lowest BCUT2D eigenvalue weighted by Gasteiger charge is -2.18. The van der Waals surface area contributed by atoms with Crippen LogP contribution in [0.25, 0.3) is 0 Å². The van der Waals surface area contributed by atoms with E-state index >= 15 is 0 Å². The molecular formula is C17H19BrN2O4. The van der Waals surface area contributed by atoms with Gasteiger partial charge >= 0.3 is 0 Å². The number of likely N-dealkylation sites (N-methyl/N-ethyl adjacent to an activating group) is 1. The number of rotatable bonds is 7. The van der Waals surface area contributed by atoms with Gasteiger partial charge in [-0.05, 0) is 46.6 Å². The van der Waals surface area contributed by atoms with Crippen molar-refractivity contribution >= 4 is 27.7 Å². The summed E-state index contributed by atoms with van der Waals surface area (Å²) in [5, 5.41) is 2.52. The maximum absolute atomic E-state index is 12.0. The predicted molar refractivity (Wildman–Crippen MR) is 93.1 cm³/mol. The van der Waals surface area contributed by atoms with Crippen LogP contribution in [0.5, 0.6) is 5.75 Å². The van der Waals surface area contributed by atoms with Gasteiger partial charge in [-0.3, -0.25) is 9.59 Å². The zero-order chi connectivity index (χ0) is 17.5. The first-order valence-electron chi connectivity index (χ1n) is 7.43. The van der Waals surface area contributed by atoms with E-state index in [1.165, 1.54) is 11.0 Å². The van der Waals surface area contributed by atoms with Crippen molar-refractivity contribution in [2.24, 2.45) is 0 Å². The molecule has 1 aromatic carbocycles. The number of hydrogen-bond acceptors (Lipinski definition) is 4. The first kappa shape index (κ1) is 18.1. The van der Waals surface area contributed by atoms with E-state index in [0.717, 1.165) is 11.3 Å². The molecule has 0 atom stereocenters. The standard InChI is InChI=1S/C17H19BrN2O4/c1-12-5-3-4-6-13(12)23-10-9-20(2)16(21)11-19-17(22)14-7-8-15(18)24-14/h3-8H,9-11H2,1-2H3,(H,19,22). The highest BCUT2D eigenvalue weighted by molar-refractivity contribution is 9.10. The minimum atomic E-state index is -0.432. The molecule has 1 N–H and O–H groups in total. The number of furan rings is 1. The van der Waals surface area contributed by atoms with Crippen LogP contribution in [0.4, 0.5) is 0 Å². The maximum atomic E-state index is 12.0. The third-order valence-electron chi connectivity index (χ3n) is 3.40. The Hall–Kier alpha value is -2.28. The van der Waals surface area contributed by atoms with Crippen LogP contribution in [0.2, 0.25) is 0 Å². The Bertz CT molecular complexity index is 714. The highest BCUT2D eigenvalue weighted by Gasteiger charge is 2.14. The molecule has 0 bridgehead atoms. The number of benzene rings is 1. The Balaban J connectivity index is 1.72. The second kappa shape index (κ2) is 8.54. The second-order valence-electron chi connectivity index (χ2n) is 5.22. The molecule has 1 heterocycles. The molecule has 0 radical (unpaired) electrons. The van der Waals surface area contributed by atoms with Gasteiger partial charge in [0.05, 0.1) is 13.1 Å². The Kier molecular flexibility index (Phi) is 6.43. The smallest absolute Gasteiger partial charge is 0.287 e. The molecule has 0 aliphatic carbocycles. The summed E-state index contributed by atoms with van der Waals surface area (Å²) in [7, 11) is 1.67. The van der Waals surface area contributed by atoms with Gasteiger partial charge in [0.1, 0.15) is 12.4 Å². The molecular weight excluding hydrogens is 376 g/mol. The van der Waals surface area contributed by atoms with Crippen LogP contribution in [0.1, 0.15) is 16.1 Å². The normalized spacial score (nSPS) is 10.3. The van der Waals surface area contributed by atoms with E-state index in [2.05, 4.69) is 21.2 Å². The highest BCUT2D eigenvalue weighted by Crippen LogP contribution is 2.16. The lowest BCUT2D eigenvalue weighted by molar-refractivity contribution is -0.129. The van der Waals surface area contributed by atoms with Crippen molar-refractivity contribution in [2.75, 3.05) is 26.7 Å². The van der Waals surface area contributed by atoms with Gasteiger partial charge in [-0.1, -0.05) is 18.2 Å². The van der Waals surface area contributed by atoms with Crippen LogP contribution in [0.3, 0.4) is 0 Å². The molecule has 0 spiro atoms. The molecule has 6 nitrogen and oxygen atoms in total. The van der Waals surface area contributed by atoms with E-state index in [-0.39, 0.29) is 18.2 Å². The van der Waals surface area contributed by atoms with Crippen LogP contribution < -0.4 is 10.1 Å². The van der Waals surface area contributed by atoms with Crippen LogP contribution in [0.15, 0.2) is 45.5 Å². The number of halogens is 1. The third-order valence-corrected chi connectivity index (χ3v) is 3.83. The molecule has 128 valence electrons. The number of para-hydroxylation sites is 1. The average Bonchev–Trinajstić information content (AvgIpc) is 3.00. The van der Waals surface area contributed by atoms with E-state index in [1.807, 2.05) is 31.2 Å². The van der Waals surface area contributed by atoms with Crippen molar-refractivity contribution in [3.05, 3.63) is 52.4 Å². The number of ether oxygens (including phenoxy) is 1. The molecule has 0 unspecified atom stereocenters. The van der Waals surface area contributed by atoms with Gasteiger partial charge in [-0.2, -0.15) is 0 Å². The number of nitrogens with zero attached hydrogens (tertiary/aromatic N) is 1. The third kappa shape index (κ3) is 5.13. The number of nitrogens with one attached hydrogen (secondary N) is 1. The number of hydrogen-bond donors (Lipinski definition) is 1. The molecule has 0 aliphatic heterocycles. The van der Waals surface area contributed by atoms with Gasteiger partial charge in [0.2, 0.25) is 5.91 Å². The lowest BCUT2D eigenvalue weighted by atomic mass is 10.2. The van der Waals surface area contributed by atoms with E-state index in [4.69, 9.17) is 9.15 Å². The van der Waals surface area contributed by atoms with Crippen molar-refractivity contribution in [3.8, 4) is 5.75 Å². The number of carbonyl (C=O) groups excluding carboxylic acids is 2. The average molecular weight is 395 g/mol. The largest absolute Gasteiger partial charge is 0.491 e. The monoisotopic (exact) mass is 394 g/mol. The van der Waals surface area contributed by atoms with Crippen molar-refractivity contribution in [1.29, 1.82) is 0 Å². The quantitative estimate of drug-likeness (QED) is 0.783. The molecule has 0 saturated heterocycles. The van der Waals surface area contributed by atoms with Crippen molar-refractivity contribution < 1.29 is 18.7 Å². The van der Waals surface area contributed by atoms with Crippen LogP contribution in [-0.2, 0) is 4.79 Å². The zero-order valence-corrected chi connectivity index (χ0v) is 15.1. The molecule has 0 fully saturated rings. The molecule has 0 aliphatic rings. The molecule has 2 aromatic rings. The van der Waals surface area contributed by atoms with E-state index in [1.54, 1.807) is 13.1 Å². The summed E-state index contributed by atoms with van der Waals surface area (Å²) in [5.41, 5.74) is 1.04. The fraction of sp³-hybridized carbons (Fsp3) is 0.294. The minimum Gasteiger partial charge on any atom is -0.491 e. The van der Waals surface area contributed by atoms with E-state index < -0.39 is 5.91 Å². The van der Waals surface area contributed by atoms with Crippen LogP contribution in [-0.4, -0.2) is 43.5 Å². The van der Waals surface area contributed by atoms with Gasteiger partial charge in [0.25, 0.3) is 5.91 Å². The fourth-order valence-corrected chi connectivity index (χ4v) is 2.26. The zero-order valence-electron chi connectivity index (χ0n) is 13.5. The van der Waals surface area contributed by atoms with Gasteiger partial charge in [-0.15, -0.1) is 0 Å². The minimum absolute atomic E-state index is 0.0992. The van der Waals surface area contributed by atoms with Crippen LogP contribution in [0, 0.1) is 6.92 Å². The lowest BCUT2D eigenvalue weighted by Crippen LogP contribution is -2.39. The second-order valence-corrected chi connectivity index (χ2v) is 6.00. The summed E-state index contributed by atoms with van der Waals surface area (Å²) in [6.45, 7) is 2.67. The Labute approximate surface area is 148 Å².